The summed E-state index contributed by atoms with van der Waals surface area (Å²) in [5.74, 6) is -5.89. The summed E-state index contributed by atoms with van der Waals surface area (Å²) in [5, 5.41) is 15.8. The molecular formula is C28H28F2N2O7. The van der Waals surface area contributed by atoms with Crippen molar-refractivity contribution in [3.05, 3.63) is 72.3 Å². The molecule has 3 rings (SSSR count). The molecule has 0 fully saturated rings. The minimum absolute atomic E-state index is 0.390. The Kier molecular flexibility index (Phi) is 9.91. The fourth-order valence-corrected chi connectivity index (χ4v) is 3.74. The maximum absolute atomic E-state index is 13.8. The summed E-state index contributed by atoms with van der Waals surface area (Å²) in [5.41, 5.74) is 0. The zero-order chi connectivity index (χ0) is 28.5. The van der Waals surface area contributed by atoms with Crippen molar-refractivity contribution in [1.82, 2.24) is 10.6 Å². The van der Waals surface area contributed by atoms with Crippen molar-refractivity contribution < 1.29 is 42.5 Å². The standard InChI is InChI=1S/C28H28F2N2O7/c1-16(2)27(32-25(34)15-39-23-9-5-7-17-6-3-4-8-19(17)23)28(37)31-21(13-26(35)36)22(33)14-38-24-11-10-18(29)12-20(24)30/h3-12,16,21,27H,13-15H2,1-2H3,(H,31,37)(H,32,34)(H,35,36)/t21-,27-/m0/s1. The van der Waals surface area contributed by atoms with Crippen LogP contribution in [0.2, 0.25) is 0 Å². The van der Waals surface area contributed by atoms with E-state index in [2.05, 4.69) is 10.6 Å². The highest BCUT2D eigenvalue weighted by Gasteiger charge is 2.30. The van der Waals surface area contributed by atoms with Gasteiger partial charge in [0.1, 0.15) is 30.3 Å². The van der Waals surface area contributed by atoms with Crippen LogP contribution >= 0.6 is 0 Å². The summed E-state index contributed by atoms with van der Waals surface area (Å²) >= 11 is 0. The lowest BCUT2D eigenvalue weighted by atomic mass is 10.0. The number of hydrogen-bond acceptors (Lipinski definition) is 6. The Labute approximate surface area is 223 Å². The van der Waals surface area contributed by atoms with Gasteiger partial charge in [0, 0.05) is 11.5 Å². The van der Waals surface area contributed by atoms with Crippen LogP contribution in [0.1, 0.15) is 20.3 Å². The number of ketones is 1. The molecule has 0 aliphatic heterocycles. The van der Waals surface area contributed by atoms with Crippen LogP contribution in [0.5, 0.6) is 11.5 Å². The molecule has 0 saturated carbocycles. The fraction of sp³-hybridized carbons (Fsp3) is 0.286. The number of hydrogen-bond donors (Lipinski definition) is 3. The summed E-state index contributed by atoms with van der Waals surface area (Å²) in [4.78, 5) is 49.6. The van der Waals surface area contributed by atoms with Crippen LogP contribution in [0.25, 0.3) is 10.8 Å². The highest BCUT2D eigenvalue weighted by Crippen LogP contribution is 2.25. The molecule has 0 heterocycles. The van der Waals surface area contributed by atoms with Crippen LogP contribution < -0.4 is 20.1 Å². The number of benzene rings is 3. The Morgan fingerprint density at radius 1 is 0.872 bits per heavy atom. The normalized spacial score (nSPS) is 12.4. The highest BCUT2D eigenvalue weighted by atomic mass is 19.1. The van der Waals surface area contributed by atoms with Gasteiger partial charge in [0.15, 0.2) is 24.0 Å². The van der Waals surface area contributed by atoms with Gasteiger partial charge in [0.05, 0.1) is 6.42 Å². The van der Waals surface area contributed by atoms with Gasteiger partial charge in [-0.3, -0.25) is 19.2 Å². The van der Waals surface area contributed by atoms with Crippen molar-refractivity contribution in [2.75, 3.05) is 13.2 Å². The van der Waals surface area contributed by atoms with E-state index < -0.39 is 72.0 Å². The zero-order valence-electron chi connectivity index (χ0n) is 21.3. The molecule has 0 bridgehead atoms. The number of amides is 2. The van der Waals surface area contributed by atoms with E-state index in [1.807, 2.05) is 30.3 Å². The van der Waals surface area contributed by atoms with Crippen molar-refractivity contribution >= 4 is 34.3 Å². The average Bonchev–Trinajstić information content (AvgIpc) is 2.89. The molecule has 2 atom stereocenters. The molecular weight excluding hydrogens is 514 g/mol. The van der Waals surface area contributed by atoms with E-state index in [1.54, 1.807) is 26.0 Å². The van der Waals surface area contributed by atoms with Gasteiger partial charge in [-0.05, 0) is 29.5 Å². The number of fused-ring (bicyclic) bond motifs is 1. The van der Waals surface area contributed by atoms with Gasteiger partial charge in [-0.15, -0.1) is 0 Å². The molecule has 0 unspecified atom stereocenters. The predicted octanol–water partition coefficient (Wildman–Crippen LogP) is 3.25. The quantitative estimate of drug-likeness (QED) is 0.302. The number of rotatable bonds is 13. The van der Waals surface area contributed by atoms with E-state index in [0.29, 0.717) is 11.8 Å². The van der Waals surface area contributed by atoms with Crippen LogP contribution in [0, 0.1) is 17.6 Å². The highest BCUT2D eigenvalue weighted by molar-refractivity contribution is 5.95. The van der Waals surface area contributed by atoms with Crippen LogP contribution in [-0.4, -0.2) is 54.0 Å². The second-order valence-corrected chi connectivity index (χ2v) is 9.04. The molecule has 0 aromatic heterocycles. The third-order valence-corrected chi connectivity index (χ3v) is 5.72. The number of Topliss-reactive ketones (excluding diaryl/α,β-unsaturated/α-hetero) is 1. The van der Waals surface area contributed by atoms with Crippen molar-refractivity contribution in [1.29, 1.82) is 0 Å². The maximum Gasteiger partial charge on any atom is 0.305 e. The lowest BCUT2D eigenvalue weighted by Gasteiger charge is -2.24. The van der Waals surface area contributed by atoms with E-state index in [4.69, 9.17) is 9.47 Å². The van der Waals surface area contributed by atoms with Gasteiger partial charge in [-0.25, -0.2) is 8.78 Å². The first-order valence-electron chi connectivity index (χ1n) is 12.1. The first-order valence-corrected chi connectivity index (χ1v) is 12.1. The van der Waals surface area contributed by atoms with Gasteiger partial charge < -0.3 is 25.2 Å². The molecule has 0 aliphatic rings. The number of ether oxygens (including phenoxy) is 2. The third-order valence-electron chi connectivity index (χ3n) is 5.72. The van der Waals surface area contributed by atoms with Crippen molar-refractivity contribution in [2.45, 2.75) is 32.4 Å². The Morgan fingerprint density at radius 3 is 2.26 bits per heavy atom. The summed E-state index contributed by atoms with van der Waals surface area (Å²) < 4.78 is 37.6. The van der Waals surface area contributed by atoms with E-state index in [1.165, 1.54) is 0 Å². The van der Waals surface area contributed by atoms with Gasteiger partial charge >= 0.3 is 5.97 Å². The van der Waals surface area contributed by atoms with Crippen LogP contribution in [0.3, 0.4) is 0 Å². The first kappa shape index (κ1) is 29.0. The van der Waals surface area contributed by atoms with E-state index in [-0.39, 0.29) is 6.61 Å². The summed E-state index contributed by atoms with van der Waals surface area (Å²) in [6.45, 7) is 2.15. The van der Waals surface area contributed by atoms with Gasteiger partial charge in [-0.2, -0.15) is 0 Å². The smallest absolute Gasteiger partial charge is 0.305 e. The predicted molar refractivity (Wildman–Crippen MR) is 137 cm³/mol. The lowest BCUT2D eigenvalue weighted by molar-refractivity contribution is -0.141. The molecule has 0 aliphatic carbocycles. The Bertz CT molecular complexity index is 1360. The van der Waals surface area contributed by atoms with Crippen molar-refractivity contribution in [3.63, 3.8) is 0 Å². The maximum atomic E-state index is 13.8. The minimum Gasteiger partial charge on any atom is -0.483 e. The molecule has 3 aromatic carbocycles. The van der Waals surface area contributed by atoms with E-state index >= 15 is 0 Å². The number of aliphatic carboxylic acids is 1. The minimum atomic E-state index is -1.52. The molecule has 3 N–H and O–H groups in total. The molecule has 0 spiro atoms. The van der Waals surface area contributed by atoms with Crippen LogP contribution in [0.15, 0.2) is 60.7 Å². The van der Waals surface area contributed by atoms with E-state index in [9.17, 15) is 33.1 Å². The van der Waals surface area contributed by atoms with Gasteiger partial charge in [0.2, 0.25) is 5.91 Å². The van der Waals surface area contributed by atoms with Crippen LogP contribution in [-0.2, 0) is 19.2 Å². The van der Waals surface area contributed by atoms with Crippen molar-refractivity contribution in [2.24, 2.45) is 5.92 Å². The third kappa shape index (κ3) is 8.22. The number of halogens is 2. The van der Waals surface area contributed by atoms with Crippen molar-refractivity contribution in [3.8, 4) is 11.5 Å². The Morgan fingerprint density at radius 2 is 1.56 bits per heavy atom. The second-order valence-electron chi connectivity index (χ2n) is 9.04. The number of carbonyl (C=O) groups is 4. The van der Waals surface area contributed by atoms with E-state index in [0.717, 1.165) is 22.9 Å². The second kappa shape index (κ2) is 13.3. The van der Waals surface area contributed by atoms with Crippen LogP contribution in [0.4, 0.5) is 8.78 Å². The summed E-state index contributed by atoms with van der Waals surface area (Å²) in [7, 11) is 0. The molecule has 3 aromatic rings. The zero-order valence-corrected chi connectivity index (χ0v) is 21.3. The largest absolute Gasteiger partial charge is 0.483 e. The average molecular weight is 543 g/mol. The SMILES string of the molecule is CC(C)[C@H](NC(=O)COc1cccc2ccccc12)C(=O)N[C@@H](CC(=O)O)C(=O)COc1ccc(F)cc1F. The fourth-order valence-electron chi connectivity index (χ4n) is 3.74. The number of carbonyl (C=O) groups excluding carboxylic acids is 3. The first-order chi connectivity index (χ1) is 18.5. The number of nitrogens with one attached hydrogen (secondary N) is 2. The molecule has 11 heteroatoms. The molecule has 0 saturated heterocycles. The van der Waals surface area contributed by atoms with Gasteiger partial charge in [-0.1, -0.05) is 50.2 Å². The Balaban J connectivity index is 1.62. The summed E-state index contributed by atoms with van der Waals surface area (Å²) in [6.07, 6.45) is -0.775. The monoisotopic (exact) mass is 542 g/mol. The Hall–Kier alpha value is -4.54. The summed E-state index contributed by atoms with van der Waals surface area (Å²) in [6, 6.07) is 12.7. The number of carboxylic acids is 1. The van der Waals surface area contributed by atoms with Gasteiger partial charge in [0.25, 0.3) is 5.91 Å². The molecule has 2 amide bonds. The molecule has 0 radical (unpaired) electrons. The topological polar surface area (TPSA) is 131 Å². The number of carboxylic acid groups (broad SMARTS) is 1. The lowest BCUT2D eigenvalue weighted by Crippen LogP contribution is -2.55. The molecule has 206 valence electrons. The molecule has 9 nitrogen and oxygen atoms in total. The molecule has 39 heavy (non-hydrogen) atoms.